The second kappa shape index (κ2) is 10.1. The van der Waals surface area contributed by atoms with E-state index in [-0.39, 0.29) is 17.5 Å². The van der Waals surface area contributed by atoms with Crippen molar-refractivity contribution >= 4 is 57.9 Å². The molecule has 5 nitrogen and oxygen atoms in total. The van der Waals surface area contributed by atoms with Gasteiger partial charge in [-0.25, -0.2) is 0 Å². The molecule has 42 heavy (non-hydrogen) atoms. The molecular weight excluding hydrogens is 564 g/mol. The Balaban J connectivity index is 1.48. The van der Waals surface area contributed by atoms with E-state index >= 15 is 0 Å². The number of thiophene rings is 1. The van der Waals surface area contributed by atoms with E-state index in [1.807, 2.05) is 89.2 Å². The van der Waals surface area contributed by atoms with E-state index in [4.69, 9.17) is 11.6 Å². The van der Waals surface area contributed by atoms with Crippen LogP contribution in [0.1, 0.15) is 50.6 Å². The minimum Gasteiger partial charge on any atom is -0.352 e. The Bertz CT molecular complexity index is 1760. The summed E-state index contributed by atoms with van der Waals surface area (Å²) in [5.41, 5.74) is 3.35. The molecule has 4 aromatic rings. The van der Waals surface area contributed by atoms with Crippen molar-refractivity contribution in [3.63, 3.8) is 0 Å². The molecular formula is C35H29ClN2O3S. The van der Waals surface area contributed by atoms with Crippen molar-refractivity contribution in [1.29, 1.82) is 0 Å². The minimum absolute atomic E-state index is 0.171. The summed E-state index contributed by atoms with van der Waals surface area (Å²) in [7, 11) is 0. The van der Waals surface area contributed by atoms with E-state index < -0.39 is 23.4 Å². The average Bonchev–Trinajstić information content (AvgIpc) is 3.69. The van der Waals surface area contributed by atoms with Crippen LogP contribution in [0.3, 0.4) is 0 Å². The molecule has 1 saturated heterocycles. The normalized spacial score (nSPS) is 23.6. The van der Waals surface area contributed by atoms with E-state index in [0.717, 1.165) is 28.8 Å². The van der Waals surface area contributed by atoms with Gasteiger partial charge in [-0.2, -0.15) is 0 Å². The number of hydrogen-bond acceptors (Lipinski definition) is 5. The highest BCUT2D eigenvalue weighted by molar-refractivity contribution is 7.12. The van der Waals surface area contributed by atoms with Crippen molar-refractivity contribution in [2.75, 3.05) is 10.2 Å². The number of amides is 1. The zero-order chi connectivity index (χ0) is 29.2. The van der Waals surface area contributed by atoms with E-state index in [1.165, 1.54) is 11.3 Å². The Labute approximate surface area is 253 Å². The number of nitrogens with zero attached hydrogens (tertiary/aromatic N) is 1. The highest BCUT2D eigenvalue weighted by atomic mass is 35.5. The van der Waals surface area contributed by atoms with Crippen LogP contribution < -0.4 is 10.2 Å². The second-order valence-corrected chi connectivity index (χ2v) is 13.1. The quantitative estimate of drug-likeness (QED) is 0.236. The predicted molar refractivity (Wildman–Crippen MR) is 169 cm³/mol. The van der Waals surface area contributed by atoms with Gasteiger partial charge in [-0.3, -0.25) is 14.4 Å². The van der Waals surface area contributed by atoms with Gasteiger partial charge >= 0.3 is 0 Å². The minimum atomic E-state index is -1.32. The fourth-order valence-corrected chi connectivity index (χ4v) is 8.05. The van der Waals surface area contributed by atoms with Crippen molar-refractivity contribution in [2.24, 2.45) is 11.8 Å². The number of ketones is 2. The van der Waals surface area contributed by atoms with Crippen LogP contribution in [0.5, 0.6) is 0 Å². The van der Waals surface area contributed by atoms with Gasteiger partial charge in [0, 0.05) is 22.0 Å². The van der Waals surface area contributed by atoms with Gasteiger partial charge in [0.25, 0.3) is 0 Å². The van der Waals surface area contributed by atoms with Crippen LogP contribution >= 0.6 is 22.9 Å². The molecule has 1 aromatic heterocycles. The molecule has 0 unspecified atom stereocenters. The molecule has 4 atom stereocenters. The summed E-state index contributed by atoms with van der Waals surface area (Å²) in [4.78, 5) is 46.4. The van der Waals surface area contributed by atoms with E-state index in [2.05, 4.69) is 19.2 Å². The third kappa shape index (κ3) is 3.92. The lowest BCUT2D eigenvalue weighted by atomic mass is 9.64. The molecule has 3 aliphatic heterocycles. The molecule has 210 valence electrons. The first-order chi connectivity index (χ1) is 20.3. The van der Waals surface area contributed by atoms with Gasteiger partial charge < -0.3 is 10.2 Å². The molecule has 3 aliphatic rings. The van der Waals surface area contributed by atoms with Crippen molar-refractivity contribution in [3.05, 3.63) is 122 Å². The van der Waals surface area contributed by atoms with Crippen LogP contribution in [0.15, 0.2) is 90.3 Å². The number of fused-ring (bicyclic) bond motifs is 6. The Morgan fingerprint density at radius 2 is 1.79 bits per heavy atom. The maximum absolute atomic E-state index is 14.9. The lowest BCUT2D eigenvalue weighted by Gasteiger charge is -2.37. The first-order valence-electron chi connectivity index (χ1n) is 14.2. The zero-order valence-electron chi connectivity index (χ0n) is 23.2. The molecule has 7 rings (SSSR count). The van der Waals surface area contributed by atoms with Gasteiger partial charge in [-0.15, -0.1) is 11.3 Å². The van der Waals surface area contributed by atoms with Gasteiger partial charge in [0.1, 0.15) is 11.5 Å². The first kappa shape index (κ1) is 26.9. The third-order valence-corrected chi connectivity index (χ3v) is 9.91. The summed E-state index contributed by atoms with van der Waals surface area (Å²) >= 11 is 7.73. The van der Waals surface area contributed by atoms with E-state index in [0.29, 0.717) is 27.1 Å². The van der Waals surface area contributed by atoms with Gasteiger partial charge in [0.2, 0.25) is 5.91 Å². The Morgan fingerprint density at radius 3 is 2.52 bits per heavy atom. The van der Waals surface area contributed by atoms with Crippen LogP contribution in [-0.4, -0.2) is 29.6 Å². The van der Waals surface area contributed by atoms with Crippen LogP contribution in [0.4, 0.5) is 11.4 Å². The third-order valence-electron chi connectivity index (χ3n) is 8.79. The fourth-order valence-electron chi connectivity index (χ4n) is 7.17. The Kier molecular flexibility index (Phi) is 6.44. The van der Waals surface area contributed by atoms with Crippen LogP contribution in [-0.2, 0) is 16.6 Å². The molecule has 0 radical (unpaired) electrons. The Morgan fingerprint density at radius 1 is 1.00 bits per heavy atom. The number of carbonyl (C=O) groups excluding carboxylic acids is 3. The molecule has 0 aliphatic carbocycles. The summed E-state index contributed by atoms with van der Waals surface area (Å²) in [6, 6.07) is 22.9. The lowest BCUT2D eigenvalue weighted by Crippen LogP contribution is -2.51. The smallest absolute Gasteiger partial charge is 0.238 e. The number of anilines is 2. The molecule has 7 heteroatoms. The summed E-state index contributed by atoms with van der Waals surface area (Å²) in [6.07, 6.45) is 4.82. The summed E-state index contributed by atoms with van der Waals surface area (Å²) in [6.45, 7) is 4.32. The standard InChI is InChI=1S/C35H29ClN2O3S/c1-20(2)18-21-9-11-22(12-10-21)32(39)30-31(33(40)28-8-5-17-42-28)38-27-15-14-24(36)19-23(27)13-16-29(38)35(30)25-6-3-4-7-26(25)37-34(35)41/h3-17,19-20,29-31H,18H2,1-2H3,(H,37,41)/t29-,30+,31+,35+/m1/s1. The van der Waals surface area contributed by atoms with Crippen LogP contribution in [0.25, 0.3) is 6.08 Å². The zero-order valence-corrected chi connectivity index (χ0v) is 24.8. The van der Waals surface area contributed by atoms with Crippen LogP contribution in [0, 0.1) is 11.8 Å². The number of benzene rings is 3. The number of Topliss-reactive ketones (excluding diaryl/α,β-unsaturated/α-hetero) is 2. The number of carbonyl (C=O) groups is 3. The molecule has 1 spiro atoms. The number of rotatable bonds is 6. The monoisotopic (exact) mass is 592 g/mol. The number of nitrogens with one attached hydrogen (secondary N) is 1. The Hall–Kier alpha value is -4.00. The fraction of sp³-hybridized carbons (Fsp3) is 0.229. The van der Waals surface area contributed by atoms with Gasteiger partial charge in [-0.05, 0) is 64.7 Å². The lowest BCUT2D eigenvalue weighted by molar-refractivity contribution is -0.121. The first-order valence-corrected chi connectivity index (χ1v) is 15.4. The highest BCUT2D eigenvalue weighted by Crippen LogP contribution is 2.58. The molecule has 4 heterocycles. The van der Waals surface area contributed by atoms with Crippen molar-refractivity contribution < 1.29 is 14.4 Å². The summed E-state index contributed by atoms with van der Waals surface area (Å²) < 4.78 is 0. The number of para-hydroxylation sites is 1. The SMILES string of the molecule is CC(C)Cc1ccc(C(=O)[C@@H]2[C@@H](C(=O)c3cccs3)N3c4ccc(Cl)cc4C=C[C@@H]3[C@]23C(=O)Nc2ccccc23)cc1. The molecule has 1 N–H and O–H groups in total. The molecule has 3 aromatic carbocycles. The van der Waals surface area contributed by atoms with E-state index in [1.54, 1.807) is 12.1 Å². The van der Waals surface area contributed by atoms with Crippen molar-refractivity contribution in [1.82, 2.24) is 0 Å². The summed E-state index contributed by atoms with van der Waals surface area (Å²) in [5, 5.41) is 5.51. The predicted octanol–water partition coefficient (Wildman–Crippen LogP) is 7.46. The molecule has 0 saturated carbocycles. The molecule has 1 fully saturated rings. The maximum Gasteiger partial charge on any atom is 0.238 e. The highest BCUT2D eigenvalue weighted by Gasteiger charge is 2.70. The number of halogens is 1. The van der Waals surface area contributed by atoms with Crippen molar-refractivity contribution in [3.8, 4) is 0 Å². The van der Waals surface area contributed by atoms with Crippen molar-refractivity contribution in [2.45, 2.75) is 37.8 Å². The van der Waals surface area contributed by atoms with Gasteiger partial charge in [-0.1, -0.05) is 86.1 Å². The maximum atomic E-state index is 14.9. The van der Waals surface area contributed by atoms with E-state index in [9.17, 15) is 14.4 Å². The van der Waals surface area contributed by atoms with Gasteiger partial charge in [0.05, 0.1) is 16.8 Å². The largest absolute Gasteiger partial charge is 0.352 e. The number of hydrogen-bond donors (Lipinski definition) is 1. The molecule has 0 bridgehead atoms. The second-order valence-electron chi connectivity index (χ2n) is 11.7. The van der Waals surface area contributed by atoms with Crippen LogP contribution in [0.2, 0.25) is 5.02 Å². The topological polar surface area (TPSA) is 66.5 Å². The molecule has 1 amide bonds. The summed E-state index contributed by atoms with van der Waals surface area (Å²) in [5.74, 6) is -1.16. The average molecular weight is 593 g/mol. The van der Waals surface area contributed by atoms with Gasteiger partial charge in [0.15, 0.2) is 11.6 Å².